The van der Waals surface area contributed by atoms with Crippen molar-refractivity contribution in [3.63, 3.8) is 0 Å². The molecule has 4 rings (SSSR count). The molecule has 1 saturated heterocycles. The number of carbonyl (C=O) groups excluding carboxylic acids is 1. The molecular weight excluding hydrogens is 390 g/mol. The number of nitrogens with zero attached hydrogens (tertiary/aromatic N) is 2. The number of aliphatic hydroxyl groups is 1. The molecule has 1 aromatic heterocycles. The van der Waals surface area contributed by atoms with E-state index < -0.39 is 5.97 Å². The first-order valence-corrected chi connectivity index (χ1v) is 10.6. The summed E-state index contributed by atoms with van der Waals surface area (Å²) in [4.78, 5) is 28.1. The Bertz CT molecular complexity index is 823. The Labute approximate surface area is 174 Å². The van der Waals surface area contributed by atoms with Crippen molar-refractivity contribution in [3.05, 3.63) is 52.0 Å². The lowest BCUT2D eigenvalue weighted by molar-refractivity contribution is -0.134. The highest BCUT2D eigenvalue weighted by atomic mass is 32.1. The van der Waals surface area contributed by atoms with Crippen molar-refractivity contribution in [1.29, 1.82) is 0 Å². The van der Waals surface area contributed by atoms with Crippen LogP contribution in [0.2, 0.25) is 0 Å². The number of hydrogen-bond donors (Lipinski definition) is 3. The Morgan fingerprint density at radius 3 is 2.41 bits per heavy atom. The minimum atomic E-state index is -0.833. The van der Waals surface area contributed by atoms with Gasteiger partial charge in [0, 0.05) is 25.4 Å². The van der Waals surface area contributed by atoms with Crippen LogP contribution in [0.15, 0.2) is 35.7 Å². The molecular formula is C21H27N3O4S. The molecule has 4 N–H and O–H groups in total. The maximum atomic E-state index is 12.7. The van der Waals surface area contributed by atoms with Crippen molar-refractivity contribution < 1.29 is 19.8 Å². The number of carbonyl (C=O) groups is 2. The van der Waals surface area contributed by atoms with Crippen LogP contribution in [0, 0.1) is 11.8 Å². The zero-order valence-electron chi connectivity index (χ0n) is 16.4. The average molecular weight is 418 g/mol. The Kier molecular flexibility index (Phi) is 7.00. The van der Waals surface area contributed by atoms with Crippen molar-refractivity contribution in [1.82, 2.24) is 9.88 Å². The number of benzene rings is 1. The largest absolute Gasteiger partial charge is 0.481 e. The number of carboxylic acids is 1. The summed E-state index contributed by atoms with van der Waals surface area (Å²) < 4.78 is 0. The molecule has 156 valence electrons. The molecule has 0 bridgehead atoms. The normalized spacial score (nSPS) is 23.8. The van der Waals surface area contributed by atoms with E-state index in [1.165, 1.54) is 16.9 Å². The van der Waals surface area contributed by atoms with Gasteiger partial charge in [-0.05, 0) is 36.7 Å². The van der Waals surface area contributed by atoms with Gasteiger partial charge in [0.1, 0.15) is 10.7 Å². The van der Waals surface area contributed by atoms with Crippen LogP contribution in [0.25, 0.3) is 0 Å². The molecule has 1 saturated carbocycles. The number of nitrogens with two attached hydrogens (primary N) is 1. The lowest BCUT2D eigenvalue weighted by Crippen LogP contribution is -2.30. The highest BCUT2D eigenvalue weighted by molar-refractivity contribution is 7.09. The summed E-state index contributed by atoms with van der Waals surface area (Å²) in [6.07, 6.45) is 2.17. The van der Waals surface area contributed by atoms with Gasteiger partial charge in [-0.15, -0.1) is 11.3 Å². The molecule has 0 spiro atoms. The Balaban J connectivity index is 0.000000552. The number of hydrogen-bond acceptors (Lipinski definition) is 6. The van der Waals surface area contributed by atoms with Crippen LogP contribution < -0.4 is 5.73 Å². The molecule has 1 amide bonds. The molecule has 29 heavy (non-hydrogen) atoms. The number of amides is 1. The maximum absolute atomic E-state index is 12.7. The minimum Gasteiger partial charge on any atom is -0.481 e. The summed E-state index contributed by atoms with van der Waals surface area (Å²) in [6.45, 7) is 2.56. The Morgan fingerprint density at radius 1 is 1.24 bits per heavy atom. The van der Waals surface area contributed by atoms with E-state index in [1.54, 1.807) is 0 Å². The van der Waals surface area contributed by atoms with Crippen molar-refractivity contribution in [2.24, 2.45) is 17.6 Å². The van der Waals surface area contributed by atoms with Crippen LogP contribution in [0.5, 0.6) is 0 Å². The van der Waals surface area contributed by atoms with Gasteiger partial charge in [-0.3, -0.25) is 9.59 Å². The lowest BCUT2D eigenvalue weighted by Gasteiger charge is -2.16. The van der Waals surface area contributed by atoms with Gasteiger partial charge in [0.05, 0.1) is 12.1 Å². The smallest absolute Gasteiger partial charge is 0.300 e. The number of aliphatic carboxylic acids is 1. The molecule has 2 heterocycles. The zero-order valence-corrected chi connectivity index (χ0v) is 17.2. The van der Waals surface area contributed by atoms with Crippen LogP contribution in [0.1, 0.15) is 46.9 Å². The fraction of sp³-hybridized carbons (Fsp3) is 0.476. The average Bonchev–Trinajstić information content (AvgIpc) is 3.36. The first-order valence-electron chi connectivity index (χ1n) is 9.75. The van der Waals surface area contributed by atoms with Gasteiger partial charge < -0.3 is 20.8 Å². The molecule has 2 fully saturated rings. The second-order valence-corrected chi connectivity index (χ2v) is 8.63. The number of aromatic nitrogens is 1. The van der Waals surface area contributed by atoms with Gasteiger partial charge in [0.25, 0.3) is 11.9 Å². The standard InChI is InChI=1S/C19H23N3O2S.C2H4O2/c20-16(6-12-4-2-1-3-5-12)18-21-17(11-25-18)19(24)22-9-13-7-15(23)8-14(13)10-22;1-2(3)4/h1-5,11,13-16,23H,6-10,20H2;1H3,(H,3,4)/t13-,14+,15?,16-;/m0./s1. The monoisotopic (exact) mass is 417 g/mol. The molecule has 1 aliphatic heterocycles. The van der Waals surface area contributed by atoms with E-state index in [2.05, 4.69) is 17.1 Å². The zero-order chi connectivity index (χ0) is 21.0. The highest BCUT2D eigenvalue weighted by Crippen LogP contribution is 2.38. The second kappa shape index (κ2) is 9.47. The Hall–Kier alpha value is -2.29. The molecule has 1 unspecified atom stereocenters. The maximum Gasteiger partial charge on any atom is 0.300 e. The molecule has 1 aliphatic carbocycles. The lowest BCUT2D eigenvalue weighted by atomic mass is 10.0. The van der Waals surface area contributed by atoms with Crippen LogP contribution in [-0.2, 0) is 11.2 Å². The molecule has 1 aromatic carbocycles. The van der Waals surface area contributed by atoms with Crippen LogP contribution >= 0.6 is 11.3 Å². The van der Waals surface area contributed by atoms with E-state index in [0.29, 0.717) is 24.0 Å². The summed E-state index contributed by atoms with van der Waals surface area (Å²) in [6, 6.07) is 9.90. The molecule has 4 atom stereocenters. The third-order valence-corrected chi connectivity index (χ3v) is 6.35. The quantitative estimate of drug-likeness (QED) is 0.703. The van der Waals surface area contributed by atoms with E-state index in [0.717, 1.165) is 37.9 Å². The number of aliphatic hydroxyl groups excluding tert-OH is 1. The van der Waals surface area contributed by atoms with Gasteiger partial charge in [0.2, 0.25) is 0 Å². The predicted octanol–water partition coefficient (Wildman–Crippen LogP) is 2.32. The number of carboxylic acid groups (broad SMARTS) is 1. The minimum absolute atomic E-state index is 0.00157. The van der Waals surface area contributed by atoms with Crippen LogP contribution in [0.3, 0.4) is 0 Å². The molecule has 7 nitrogen and oxygen atoms in total. The molecule has 0 radical (unpaired) electrons. The number of thiazole rings is 1. The Morgan fingerprint density at radius 2 is 1.83 bits per heavy atom. The summed E-state index contributed by atoms with van der Waals surface area (Å²) >= 11 is 1.46. The molecule has 2 aliphatic rings. The predicted molar refractivity (Wildman–Crippen MR) is 111 cm³/mol. The fourth-order valence-electron chi connectivity index (χ4n) is 4.11. The van der Waals surface area contributed by atoms with Gasteiger partial charge in [-0.25, -0.2) is 4.98 Å². The second-order valence-electron chi connectivity index (χ2n) is 7.74. The summed E-state index contributed by atoms with van der Waals surface area (Å²) in [7, 11) is 0. The topological polar surface area (TPSA) is 117 Å². The van der Waals surface area contributed by atoms with E-state index in [9.17, 15) is 9.90 Å². The number of likely N-dealkylation sites (tertiary alicyclic amines) is 1. The van der Waals surface area contributed by atoms with Crippen LogP contribution in [0.4, 0.5) is 0 Å². The first-order chi connectivity index (χ1) is 13.8. The van der Waals surface area contributed by atoms with E-state index in [4.69, 9.17) is 15.6 Å². The molecule has 8 heteroatoms. The van der Waals surface area contributed by atoms with Crippen molar-refractivity contribution >= 4 is 23.2 Å². The number of rotatable bonds is 4. The van der Waals surface area contributed by atoms with E-state index in [-0.39, 0.29) is 18.1 Å². The summed E-state index contributed by atoms with van der Waals surface area (Å²) in [5.41, 5.74) is 7.95. The molecule has 2 aromatic rings. The van der Waals surface area contributed by atoms with E-state index >= 15 is 0 Å². The third kappa shape index (κ3) is 5.62. The highest BCUT2D eigenvalue weighted by Gasteiger charge is 2.42. The van der Waals surface area contributed by atoms with Gasteiger partial charge in [0.15, 0.2) is 0 Å². The summed E-state index contributed by atoms with van der Waals surface area (Å²) in [5, 5.41) is 19.8. The summed E-state index contributed by atoms with van der Waals surface area (Å²) in [5.74, 6) is 0.0492. The van der Waals surface area contributed by atoms with E-state index in [1.807, 2.05) is 28.5 Å². The third-order valence-electron chi connectivity index (χ3n) is 5.37. The van der Waals surface area contributed by atoms with Crippen molar-refractivity contribution in [2.75, 3.05) is 13.1 Å². The fourth-order valence-corrected chi connectivity index (χ4v) is 4.90. The number of fused-ring (bicyclic) bond motifs is 1. The van der Waals surface area contributed by atoms with Gasteiger partial charge >= 0.3 is 0 Å². The first kappa shape index (κ1) is 21.4. The van der Waals surface area contributed by atoms with Crippen LogP contribution in [-0.4, -0.2) is 51.2 Å². The SMILES string of the molecule is CC(=O)O.N[C@@H](Cc1ccccc1)c1nc(C(=O)N2C[C@H]3CC(O)C[C@H]3C2)cs1. The van der Waals surface area contributed by atoms with Gasteiger partial charge in [-0.2, -0.15) is 0 Å². The van der Waals surface area contributed by atoms with Crippen molar-refractivity contribution in [3.8, 4) is 0 Å². The van der Waals surface area contributed by atoms with Gasteiger partial charge in [-0.1, -0.05) is 30.3 Å². The van der Waals surface area contributed by atoms with Crippen molar-refractivity contribution in [2.45, 2.75) is 38.3 Å².